The highest BCUT2D eigenvalue weighted by Gasteiger charge is 2.20. The maximum atomic E-state index is 12.3. The van der Waals surface area contributed by atoms with E-state index in [1.807, 2.05) is 24.3 Å². The Morgan fingerprint density at radius 2 is 1.70 bits per heavy atom. The third kappa shape index (κ3) is 5.12. The highest BCUT2D eigenvalue weighted by Crippen LogP contribution is 2.25. The van der Waals surface area contributed by atoms with Crippen LogP contribution in [0.3, 0.4) is 0 Å². The van der Waals surface area contributed by atoms with E-state index in [1.165, 1.54) is 11.1 Å². The van der Waals surface area contributed by atoms with Gasteiger partial charge in [0.2, 0.25) is 0 Å². The maximum absolute atomic E-state index is 12.3. The molecule has 1 aliphatic rings. The molecular weight excluding hydrogens is 385 g/mol. The van der Waals surface area contributed by atoms with Gasteiger partial charge in [-0.2, -0.15) is 0 Å². The zero-order valence-electron chi connectivity index (χ0n) is 14.7. The van der Waals surface area contributed by atoms with Crippen molar-refractivity contribution in [2.24, 2.45) is 0 Å². The molecule has 2 aromatic carbocycles. The number of rotatable bonds is 5. The molecule has 27 heavy (non-hydrogen) atoms. The van der Waals surface area contributed by atoms with Crippen molar-refractivity contribution in [1.29, 1.82) is 0 Å². The van der Waals surface area contributed by atoms with Gasteiger partial charge in [-0.05, 0) is 29.7 Å². The minimum atomic E-state index is -0.532. The monoisotopic (exact) mass is 403 g/mol. The van der Waals surface area contributed by atoms with Gasteiger partial charge in [0.1, 0.15) is 0 Å². The molecule has 0 N–H and O–H groups in total. The molecule has 0 aliphatic carbocycles. The van der Waals surface area contributed by atoms with Crippen LogP contribution < -0.4 is 0 Å². The SMILES string of the molecule is O=C(Cc1c(Cl)cccc1Cl)OCC(=O)N1CC=C(c2ccccc2)CC1. The van der Waals surface area contributed by atoms with E-state index in [1.54, 1.807) is 23.1 Å². The van der Waals surface area contributed by atoms with Crippen LogP contribution in [0.25, 0.3) is 5.57 Å². The zero-order chi connectivity index (χ0) is 19.2. The van der Waals surface area contributed by atoms with Gasteiger partial charge in [0, 0.05) is 28.7 Å². The number of amides is 1. The fourth-order valence-electron chi connectivity index (χ4n) is 2.94. The smallest absolute Gasteiger partial charge is 0.310 e. The standard InChI is InChI=1S/C21H19Cl2NO3/c22-18-7-4-8-19(23)17(18)13-21(26)27-14-20(25)24-11-9-16(10-12-24)15-5-2-1-3-6-15/h1-9H,10-14H2. The third-order valence-electron chi connectivity index (χ3n) is 4.45. The Labute approximate surface area is 168 Å². The van der Waals surface area contributed by atoms with E-state index in [4.69, 9.17) is 27.9 Å². The van der Waals surface area contributed by atoms with Crippen molar-refractivity contribution in [2.75, 3.05) is 19.7 Å². The molecule has 0 saturated heterocycles. The van der Waals surface area contributed by atoms with Gasteiger partial charge in [0.25, 0.3) is 5.91 Å². The van der Waals surface area contributed by atoms with Gasteiger partial charge < -0.3 is 9.64 Å². The number of benzene rings is 2. The number of hydrogen-bond acceptors (Lipinski definition) is 3. The van der Waals surface area contributed by atoms with Crippen LogP contribution in [-0.4, -0.2) is 36.5 Å². The van der Waals surface area contributed by atoms with Crippen molar-refractivity contribution < 1.29 is 14.3 Å². The van der Waals surface area contributed by atoms with Crippen molar-refractivity contribution in [3.63, 3.8) is 0 Å². The van der Waals surface area contributed by atoms with E-state index < -0.39 is 5.97 Å². The summed E-state index contributed by atoms with van der Waals surface area (Å²) in [6.45, 7) is 0.833. The highest BCUT2D eigenvalue weighted by atomic mass is 35.5. The largest absolute Gasteiger partial charge is 0.455 e. The van der Waals surface area contributed by atoms with Gasteiger partial charge in [-0.15, -0.1) is 0 Å². The summed E-state index contributed by atoms with van der Waals surface area (Å²) in [5.74, 6) is -0.743. The molecule has 4 nitrogen and oxygen atoms in total. The average molecular weight is 404 g/mol. The van der Waals surface area contributed by atoms with Crippen molar-refractivity contribution in [2.45, 2.75) is 12.8 Å². The highest BCUT2D eigenvalue weighted by molar-refractivity contribution is 6.36. The molecule has 0 saturated carbocycles. The van der Waals surface area contributed by atoms with Crippen LogP contribution in [0.15, 0.2) is 54.6 Å². The molecule has 2 aromatic rings. The summed E-state index contributed by atoms with van der Waals surface area (Å²) in [6, 6.07) is 15.1. The summed E-state index contributed by atoms with van der Waals surface area (Å²) in [5, 5.41) is 0.806. The average Bonchev–Trinajstić information content (AvgIpc) is 2.70. The normalized spacial score (nSPS) is 13.9. The summed E-state index contributed by atoms with van der Waals surface area (Å²) >= 11 is 12.1. The lowest BCUT2D eigenvalue weighted by molar-refractivity contribution is -0.151. The minimum Gasteiger partial charge on any atom is -0.455 e. The van der Waals surface area contributed by atoms with Gasteiger partial charge in [-0.1, -0.05) is 65.7 Å². The van der Waals surface area contributed by atoms with Crippen LogP contribution in [0.5, 0.6) is 0 Å². The number of carbonyl (C=O) groups excluding carboxylic acids is 2. The molecule has 6 heteroatoms. The molecule has 0 spiro atoms. The van der Waals surface area contributed by atoms with Crippen molar-refractivity contribution >= 4 is 40.7 Å². The Morgan fingerprint density at radius 1 is 1.00 bits per heavy atom. The maximum Gasteiger partial charge on any atom is 0.310 e. The second-order valence-electron chi connectivity index (χ2n) is 6.22. The summed E-state index contributed by atoms with van der Waals surface area (Å²) in [5.41, 5.74) is 2.91. The third-order valence-corrected chi connectivity index (χ3v) is 5.15. The summed E-state index contributed by atoms with van der Waals surface area (Å²) < 4.78 is 5.11. The molecule has 0 fully saturated rings. The van der Waals surface area contributed by atoms with E-state index in [-0.39, 0.29) is 18.9 Å². The van der Waals surface area contributed by atoms with E-state index in [9.17, 15) is 9.59 Å². The molecule has 1 amide bonds. The Hall–Kier alpha value is -2.30. The first-order valence-corrected chi connectivity index (χ1v) is 9.41. The predicted octanol–water partition coefficient (Wildman–Crippen LogP) is 4.40. The molecule has 140 valence electrons. The molecule has 3 rings (SSSR count). The zero-order valence-corrected chi connectivity index (χ0v) is 16.2. The summed E-state index contributed by atoms with van der Waals surface area (Å²) in [6.07, 6.45) is 2.75. The molecule has 0 radical (unpaired) electrons. The Kier molecular flexibility index (Phi) is 6.54. The molecule has 1 heterocycles. The lowest BCUT2D eigenvalue weighted by Crippen LogP contribution is -2.37. The van der Waals surface area contributed by atoms with Crippen LogP contribution in [0, 0.1) is 0 Å². The van der Waals surface area contributed by atoms with Crippen LogP contribution >= 0.6 is 23.2 Å². The van der Waals surface area contributed by atoms with Crippen molar-refractivity contribution in [1.82, 2.24) is 4.90 Å². The molecular formula is C21H19Cl2NO3. The fraction of sp³-hybridized carbons (Fsp3) is 0.238. The van der Waals surface area contributed by atoms with Gasteiger partial charge in [-0.3, -0.25) is 9.59 Å². The number of esters is 1. The summed E-state index contributed by atoms with van der Waals surface area (Å²) in [4.78, 5) is 26.0. The first-order chi connectivity index (χ1) is 13.0. The molecule has 1 aliphatic heterocycles. The fourth-order valence-corrected chi connectivity index (χ4v) is 3.47. The van der Waals surface area contributed by atoms with Crippen LogP contribution in [0.2, 0.25) is 10.0 Å². The van der Waals surface area contributed by atoms with Gasteiger partial charge in [0.05, 0.1) is 6.42 Å². The summed E-state index contributed by atoms with van der Waals surface area (Å²) in [7, 11) is 0. The van der Waals surface area contributed by atoms with E-state index >= 15 is 0 Å². The number of halogens is 2. The van der Waals surface area contributed by atoms with E-state index in [0.29, 0.717) is 28.7 Å². The van der Waals surface area contributed by atoms with E-state index in [2.05, 4.69) is 12.1 Å². The van der Waals surface area contributed by atoms with Gasteiger partial charge in [-0.25, -0.2) is 0 Å². The Balaban J connectivity index is 1.50. The molecule has 0 aromatic heterocycles. The van der Waals surface area contributed by atoms with Crippen LogP contribution in [0.4, 0.5) is 0 Å². The lowest BCUT2D eigenvalue weighted by Gasteiger charge is -2.26. The number of carbonyl (C=O) groups is 2. The first-order valence-electron chi connectivity index (χ1n) is 8.65. The Morgan fingerprint density at radius 3 is 2.33 bits per heavy atom. The molecule has 0 unspecified atom stereocenters. The second-order valence-corrected chi connectivity index (χ2v) is 7.04. The topological polar surface area (TPSA) is 46.6 Å². The first kappa shape index (κ1) is 19.5. The van der Waals surface area contributed by atoms with Crippen molar-refractivity contribution in [3.8, 4) is 0 Å². The van der Waals surface area contributed by atoms with Gasteiger partial charge in [0.15, 0.2) is 6.61 Å². The second kappa shape index (κ2) is 9.07. The molecule has 0 bridgehead atoms. The quantitative estimate of drug-likeness (QED) is 0.695. The van der Waals surface area contributed by atoms with E-state index in [0.717, 1.165) is 6.42 Å². The number of nitrogens with zero attached hydrogens (tertiary/aromatic N) is 1. The van der Waals surface area contributed by atoms with Crippen LogP contribution in [-0.2, 0) is 20.7 Å². The van der Waals surface area contributed by atoms with Crippen molar-refractivity contribution in [3.05, 3.63) is 75.8 Å². The number of hydrogen-bond donors (Lipinski definition) is 0. The van der Waals surface area contributed by atoms with Crippen LogP contribution in [0.1, 0.15) is 17.5 Å². The lowest BCUT2D eigenvalue weighted by atomic mass is 10.00. The van der Waals surface area contributed by atoms with Gasteiger partial charge >= 0.3 is 5.97 Å². The predicted molar refractivity (Wildman–Crippen MR) is 107 cm³/mol. The minimum absolute atomic E-state index is 0.0656. The Bertz CT molecular complexity index is 845. The number of ether oxygens (including phenoxy) is 1. The molecule has 0 atom stereocenters.